The normalized spacial score (nSPS) is 44.9. The van der Waals surface area contributed by atoms with Gasteiger partial charge in [0.1, 0.15) is 12.2 Å². The van der Waals surface area contributed by atoms with Crippen molar-refractivity contribution < 1.29 is 14.6 Å². The standard InChI is InChI=1S/C9H14O3/c1-5-4-6(10)8-7(5)11-9(2,3)12-8/h6-8,10H,1,4H2,2-3H3/t6-,7-,8+/m0/s1. The van der Waals surface area contributed by atoms with Crippen LogP contribution < -0.4 is 0 Å². The minimum atomic E-state index is -0.570. The topological polar surface area (TPSA) is 38.7 Å². The van der Waals surface area contributed by atoms with Crippen molar-refractivity contribution in [1.82, 2.24) is 0 Å². The third-order valence-electron chi connectivity index (χ3n) is 2.38. The first-order chi connectivity index (χ1) is 5.49. The maximum absolute atomic E-state index is 9.54. The third-order valence-corrected chi connectivity index (χ3v) is 2.38. The van der Waals surface area contributed by atoms with Gasteiger partial charge in [0.2, 0.25) is 0 Å². The Kier molecular flexibility index (Phi) is 1.59. The monoisotopic (exact) mass is 170 g/mol. The zero-order valence-corrected chi connectivity index (χ0v) is 7.41. The largest absolute Gasteiger partial charge is 0.390 e. The Morgan fingerprint density at radius 3 is 2.75 bits per heavy atom. The highest BCUT2D eigenvalue weighted by atomic mass is 16.8. The second-order valence-electron chi connectivity index (χ2n) is 3.95. The molecule has 0 aromatic rings. The molecule has 0 amide bonds. The maximum atomic E-state index is 9.54. The molecule has 3 nitrogen and oxygen atoms in total. The predicted octanol–water partition coefficient (Wildman–Crippen LogP) is 0.827. The molecule has 0 unspecified atom stereocenters. The smallest absolute Gasteiger partial charge is 0.164 e. The van der Waals surface area contributed by atoms with Crippen LogP contribution in [0.3, 0.4) is 0 Å². The molecule has 0 aromatic carbocycles. The number of ether oxygens (including phenoxy) is 2. The van der Waals surface area contributed by atoms with Crippen LogP contribution in [0, 0.1) is 0 Å². The van der Waals surface area contributed by atoms with Crippen LogP contribution in [0.1, 0.15) is 20.3 Å². The molecule has 2 fully saturated rings. The lowest BCUT2D eigenvalue weighted by Gasteiger charge is -2.19. The Morgan fingerprint density at radius 2 is 2.17 bits per heavy atom. The summed E-state index contributed by atoms with van der Waals surface area (Å²) in [6.45, 7) is 7.55. The van der Waals surface area contributed by atoms with Gasteiger partial charge in [-0.3, -0.25) is 0 Å². The summed E-state index contributed by atoms with van der Waals surface area (Å²) in [5.41, 5.74) is 0.943. The molecule has 2 aliphatic rings. The minimum Gasteiger partial charge on any atom is -0.390 e. The van der Waals surface area contributed by atoms with Crippen LogP contribution in [-0.2, 0) is 9.47 Å². The second-order valence-corrected chi connectivity index (χ2v) is 3.95. The van der Waals surface area contributed by atoms with E-state index in [-0.39, 0.29) is 12.2 Å². The Balaban J connectivity index is 2.20. The Hall–Kier alpha value is -0.380. The van der Waals surface area contributed by atoms with E-state index in [9.17, 15) is 5.11 Å². The van der Waals surface area contributed by atoms with Crippen LogP contribution in [0.4, 0.5) is 0 Å². The number of hydrogen-bond donors (Lipinski definition) is 1. The molecule has 0 radical (unpaired) electrons. The van der Waals surface area contributed by atoms with Gasteiger partial charge in [0, 0.05) is 0 Å². The van der Waals surface area contributed by atoms with Gasteiger partial charge in [-0.1, -0.05) is 6.58 Å². The van der Waals surface area contributed by atoms with E-state index in [1.807, 2.05) is 13.8 Å². The molecule has 68 valence electrons. The zero-order valence-electron chi connectivity index (χ0n) is 7.41. The highest BCUT2D eigenvalue weighted by molar-refractivity contribution is 5.18. The van der Waals surface area contributed by atoms with Crippen LogP contribution in [0.15, 0.2) is 12.2 Å². The van der Waals surface area contributed by atoms with E-state index in [0.29, 0.717) is 6.42 Å². The van der Waals surface area contributed by atoms with Crippen molar-refractivity contribution in [3.8, 4) is 0 Å². The SMILES string of the molecule is C=C1C[C@H](O)[C@H]2OC(C)(C)O[C@@H]12. The number of aliphatic hydroxyl groups excluding tert-OH is 1. The fourth-order valence-electron chi connectivity index (χ4n) is 1.89. The maximum Gasteiger partial charge on any atom is 0.164 e. The Bertz CT molecular complexity index is 222. The van der Waals surface area contributed by atoms with Gasteiger partial charge in [-0.15, -0.1) is 0 Å². The van der Waals surface area contributed by atoms with Gasteiger partial charge < -0.3 is 14.6 Å². The lowest BCUT2D eigenvalue weighted by Crippen LogP contribution is -2.28. The van der Waals surface area contributed by atoms with Gasteiger partial charge >= 0.3 is 0 Å². The first kappa shape index (κ1) is 8.23. The molecule has 1 aliphatic carbocycles. The van der Waals surface area contributed by atoms with E-state index in [2.05, 4.69) is 6.58 Å². The summed E-state index contributed by atoms with van der Waals surface area (Å²) in [4.78, 5) is 0. The van der Waals surface area contributed by atoms with Crippen molar-refractivity contribution in [2.24, 2.45) is 0 Å². The van der Waals surface area contributed by atoms with Crippen LogP contribution in [0.25, 0.3) is 0 Å². The lowest BCUT2D eigenvalue weighted by atomic mass is 10.2. The molecule has 3 atom stereocenters. The lowest BCUT2D eigenvalue weighted by molar-refractivity contribution is -0.157. The molecule has 1 N–H and O–H groups in total. The van der Waals surface area contributed by atoms with Gasteiger partial charge in [-0.25, -0.2) is 0 Å². The third kappa shape index (κ3) is 1.09. The van der Waals surface area contributed by atoms with Gasteiger partial charge in [0.15, 0.2) is 5.79 Å². The summed E-state index contributed by atoms with van der Waals surface area (Å²) in [7, 11) is 0. The fraction of sp³-hybridized carbons (Fsp3) is 0.778. The molecule has 1 aliphatic heterocycles. The molecule has 1 heterocycles. The van der Waals surface area contributed by atoms with E-state index < -0.39 is 11.9 Å². The number of fused-ring (bicyclic) bond motifs is 1. The highest BCUT2D eigenvalue weighted by Crippen LogP contribution is 2.40. The summed E-state index contributed by atoms with van der Waals surface area (Å²) in [5, 5.41) is 9.54. The Morgan fingerprint density at radius 1 is 1.50 bits per heavy atom. The second kappa shape index (κ2) is 2.31. The molecule has 3 heteroatoms. The van der Waals surface area contributed by atoms with Crippen molar-refractivity contribution in [2.45, 2.75) is 44.4 Å². The minimum absolute atomic E-state index is 0.102. The first-order valence-corrected chi connectivity index (χ1v) is 4.21. The van der Waals surface area contributed by atoms with E-state index in [1.54, 1.807) is 0 Å². The van der Waals surface area contributed by atoms with Crippen molar-refractivity contribution in [3.63, 3.8) is 0 Å². The number of rotatable bonds is 0. The molecule has 0 bridgehead atoms. The average molecular weight is 170 g/mol. The van der Waals surface area contributed by atoms with Crippen molar-refractivity contribution in [2.75, 3.05) is 0 Å². The average Bonchev–Trinajstić information content (AvgIpc) is 2.34. The van der Waals surface area contributed by atoms with Gasteiger partial charge in [0.05, 0.1) is 6.10 Å². The molecule has 0 aromatic heterocycles. The van der Waals surface area contributed by atoms with E-state index >= 15 is 0 Å². The summed E-state index contributed by atoms with van der Waals surface area (Å²) >= 11 is 0. The fourth-order valence-corrected chi connectivity index (χ4v) is 1.89. The number of aliphatic hydroxyl groups is 1. The molecule has 1 saturated carbocycles. The predicted molar refractivity (Wildman–Crippen MR) is 43.6 cm³/mol. The molecule has 12 heavy (non-hydrogen) atoms. The van der Waals surface area contributed by atoms with E-state index in [0.717, 1.165) is 5.57 Å². The molecule has 2 rings (SSSR count). The van der Waals surface area contributed by atoms with Crippen LogP contribution in [-0.4, -0.2) is 29.2 Å². The van der Waals surface area contributed by atoms with Crippen LogP contribution in [0.5, 0.6) is 0 Å². The zero-order chi connectivity index (χ0) is 8.93. The van der Waals surface area contributed by atoms with Crippen LogP contribution >= 0.6 is 0 Å². The molecular formula is C9H14O3. The highest BCUT2D eigenvalue weighted by Gasteiger charge is 2.50. The summed E-state index contributed by atoms with van der Waals surface area (Å²) in [6.07, 6.45) is -0.141. The van der Waals surface area contributed by atoms with Crippen molar-refractivity contribution in [3.05, 3.63) is 12.2 Å². The van der Waals surface area contributed by atoms with E-state index in [1.165, 1.54) is 0 Å². The Labute approximate surface area is 72.0 Å². The van der Waals surface area contributed by atoms with Gasteiger partial charge in [0.25, 0.3) is 0 Å². The van der Waals surface area contributed by atoms with Crippen molar-refractivity contribution >= 4 is 0 Å². The van der Waals surface area contributed by atoms with E-state index in [4.69, 9.17) is 9.47 Å². The summed E-state index contributed by atoms with van der Waals surface area (Å²) < 4.78 is 11.1. The molecule has 1 saturated heterocycles. The van der Waals surface area contributed by atoms with Gasteiger partial charge in [-0.05, 0) is 25.8 Å². The summed E-state index contributed by atoms with van der Waals surface area (Å²) in [6, 6.07) is 0. The first-order valence-electron chi connectivity index (χ1n) is 4.21. The van der Waals surface area contributed by atoms with Crippen LogP contribution in [0.2, 0.25) is 0 Å². The molecular weight excluding hydrogens is 156 g/mol. The quantitative estimate of drug-likeness (QED) is 0.547. The summed E-state index contributed by atoms with van der Waals surface area (Å²) in [5.74, 6) is -0.570. The number of hydrogen-bond acceptors (Lipinski definition) is 3. The van der Waals surface area contributed by atoms with Crippen molar-refractivity contribution in [1.29, 1.82) is 0 Å². The molecule has 0 spiro atoms. The van der Waals surface area contributed by atoms with Gasteiger partial charge in [-0.2, -0.15) is 0 Å².